The third-order valence-electron chi connectivity index (χ3n) is 6.02. The van der Waals surface area contributed by atoms with E-state index in [4.69, 9.17) is 0 Å². The first-order valence-corrected chi connectivity index (χ1v) is 8.31. The molecule has 0 aromatic heterocycles. The molecule has 4 unspecified atom stereocenters. The van der Waals surface area contributed by atoms with Gasteiger partial charge in [0.05, 0.1) is 0 Å². The van der Waals surface area contributed by atoms with Gasteiger partial charge < -0.3 is 15.1 Å². The van der Waals surface area contributed by atoms with E-state index in [1.165, 1.54) is 51.5 Å². The van der Waals surface area contributed by atoms with Gasteiger partial charge in [0, 0.05) is 30.2 Å². The number of hydrogen-bond donors (Lipinski definition) is 1. The molecule has 4 atom stereocenters. The van der Waals surface area contributed by atoms with Gasteiger partial charge in [0.1, 0.15) is 0 Å². The van der Waals surface area contributed by atoms with Crippen molar-refractivity contribution in [3.05, 3.63) is 0 Å². The van der Waals surface area contributed by atoms with Crippen LogP contribution >= 0.6 is 0 Å². The molecule has 0 amide bonds. The normalized spacial score (nSPS) is 45.3. The van der Waals surface area contributed by atoms with E-state index in [0.717, 1.165) is 30.2 Å². The van der Waals surface area contributed by atoms with Gasteiger partial charge in [0.25, 0.3) is 0 Å². The van der Waals surface area contributed by atoms with E-state index in [-0.39, 0.29) is 0 Å². The largest absolute Gasteiger partial charge is 0.311 e. The molecule has 0 aliphatic carbocycles. The van der Waals surface area contributed by atoms with Gasteiger partial charge in [-0.2, -0.15) is 0 Å². The fourth-order valence-corrected chi connectivity index (χ4v) is 4.53. The minimum absolute atomic E-state index is 0.747. The molecular weight excluding hydrogens is 234 g/mol. The summed E-state index contributed by atoms with van der Waals surface area (Å²) < 4.78 is 0. The van der Waals surface area contributed by atoms with Crippen molar-refractivity contribution in [1.82, 2.24) is 15.1 Å². The molecule has 3 aliphatic rings. The van der Waals surface area contributed by atoms with E-state index < -0.39 is 0 Å². The number of piperidine rings is 3. The van der Waals surface area contributed by atoms with Crippen LogP contribution in [0, 0.1) is 0 Å². The van der Waals surface area contributed by atoms with Crippen LogP contribution in [0.1, 0.15) is 51.9 Å². The molecule has 0 spiro atoms. The maximum atomic E-state index is 4.00. The second-order valence-corrected chi connectivity index (χ2v) is 7.29. The van der Waals surface area contributed by atoms with Crippen molar-refractivity contribution >= 4 is 0 Å². The van der Waals surface area contributed by atoms with E-state index in [0.29, 0.717) is 0 Å². The van der Waals surface area contributed by atoms with E-state index >= 15 is 0 Å². The Balaban J connectivity index is 1.53. The Kier molecular flexibility index (Phi) is 4.16. The lowest BCUT2D eigenvalue weighted by Gasteiger charge is -2.48. The number of fused-ring (bicyclic) bond motifs is 2. The summed E-state index contributed by atoms with van der Waals surface area (Å²) in [5, 5.41) is 4.00. The van der Waals surface area contributed by atoms with Crippen LogP contribution in [0.5, 0.6) is 0 Å². The van der Waals surface area contributed by atoms with Crippen LogP contribution in [0.2, 0.25) is 0 Å². The zero-order valence-corrected chi connectivity index (χ0v) is 12.9. The molecule has 3 saturated heterocycles. The molecule has 0 aromatic carbocycles. The number of hydrogen-bond acceptors (Lipinski definition) is 3. The van der Waals surface area contributed by atoms with Crippen molar-refractivity contribution in [2.75, 3.05) is 20.6 Å². The summed E-state index contributed by atoms with van der Waals surface area (Å²) in [6.45, 7) is 3.63. The second kappa shape index (κ2) is 5.71. The SMILES string of the molecule is CC1CC(NC2CC3CCCC(C2)N3C)CCN1C. The molecule has 0 aromatic rings. The van der Waals surface area contributed by atoms with Crippen LogP contribution in [-0.2, 0) is 0 Å². The predicted molar refractivity (Wildman–Crippen MR) is 80.5 cm³/mol. The summed E-state index contributed by atoms with van der Waals surface area (Å²) in [4.78, 5) is 5.17. The van der Waals surface area contributed by atoms with E-state index in [1.807, 2.05) is 0 Å². The highest BCUT2D eigenvalue weighted by atomic mass is 15.2. The topological polar surface area (TPSA) is 18.5 Å². The number of likely N-dealkylation sites (tertiary alicyclic amines) is 1. The first kappa shape index (κ1) is 13.8. The molecule has 110 valence electrons. The number of nitrogens with zero attached hydrogens (tertiary/aromatic N) is 2. The first-order chi connectivity index (χ1) is 9.13. The highest BCUT2D eigenvalue weighted by molar-refractivity contribution is 4.95. The van der Waals surface area contributed by atoms with E-state index in [1.54, 1.807) is 0 Å². The molecule has 3 aliphatic heterocycles. The fourth-order valence-electron chi connectivity index (χ4n) is 4.53. The van der Waals surface area contributed by atoms with Crippen molar-refractivity contribution in [2.24, 2.45) is 0 Å². The molecule has 3 heterocycles. The Morgan fingerprint density at radius 2 is 1.58 bits per heavy atom. The van der Waals surface area contributed by atoms with Gasteiger partial charge >= 0.3 is 0 Å². The zero-order chi connectivity index (χ0) is 13.4. The fraction of sp³-hybridized carbons (Fsp3) is 1.00. The van der Waals surface area contributed by atoms with Crippen molar-refractivity contribution in [1.29, 1.82) is 0 Å². The lowest BCUT2D eigenvalue weighted by atomic mass is 9.81. The van der Waals surface area contributed by atoms with Crippen molar-refractivity contribution in [3.63, 3.8) is 0 Å². The Morgan fingerprint density at radius 1 is 0.895 bits per heavy atom. The lowest BCUT2D eigenvalue weighted by molar-refractivity contribution is 0.0413. The van der Waals surface area contributed by atoms with Crippen LogP contribution in [-0.4, -0.2) is 60.6 Å². The number of rotatable bonds is 2. The zero-order valence-electron chi connectivity index (χ0n) is 12.9. The van der Waals surface area contributed by atoms with Gasteiger partial charge in [-0.15, -0.1) is 0 Å². The Labute approximate surface area is 118 Å². The highest BCUT2D eigenvalue weighted by Gasteiger charge is 2.37. The van der Waals surface area contributed by atoms with Crippen LogP contribution in [0.25, 0.3) is 0 Å². The van der Waals surface area contributed by atoms with Gasteiger partial charge in [0.15, 0.2) is 0 Å². The summed E-state index contributed by atoms with van der Waals surface area (Å²) in [6.07, 6.45) is 9.74. The minimum Gasteiger partial charge on any atom is -0.311 e. The monoisotopic (exact) mass is 265 g/mol. The van der Waals surface area contributed by atoms with Crippen molar-refractivity contribution in [3.8, 4) is 0 Å². The van der Waals surface area contributed by atoms with Gasteiger partial charge in [0.2, 0.25) is 0 Å². The molecule has 19 heavy (non-hydrogen) atoms. The van der Waals surface area contributed by atoms with Crippen molar-refractivity contribution in [2.45, 2.75) is 82.1 Å². The minimum atomic E-state index is 0.747. The number of nitrogens with one attached hydrogen (secondary N) is 1. The molecule has 0 saturated carbocycles. The Hall–Kier alpha value is -0.120. The smallest absolute Gasteiger partial charge is 0.0110 e. The van der Waals surface area contributed by atoms with Crippen LogP contribution in [0.3, 0.4) is 0 Å². The molecule has 0 radical (unpaired) electrons. The third kappa shape index (κ3) is 2.98. The van der Waals surface area contributed by atoms with E-state index in [2.05, 4.69) is 36.1 Å². The standard InChI is InChI=1S/C16H31N3/c1-12-9-13(7-8-18(12)2)17-14-10-15-5-4-6-16(11-14)19(15)3/h12-17H,4-11H2,1-3H3. The molecule has 1 N–H and O–H groups in total. The molecule has 2 bridgehead atoms. The maximum Gasteiger partial charge on any atom is 0.0110 e. The summed E-state index contributed by atoms with van der Waals surface area (Å²) >= 11 is 0. The molecule has 3 nitrogen and oxygen atoms in total. The van der Waals surface area contributed by atoms with Crippen LogP contribution in [0.4, 0.5) is 0 Å². The summed E-state index contributed by atoms with van der Waals surface area (Å²) in [5.74, 6) is 0. The van der Waals surface area contributed by atoms with E-state index in [9.17, 15) is 0 Å². The lowest BCUT2D eigenvalue weighted by Crippen LogP contribution is -2.57. The molecular formula is C16H31N3. The van der Waals surface area contributed by atoms with Gasteiger partial charge in [-0.25, -0.2) is 0 Å². The average Bonchev–Trinajstić information content (AvgIpc) is 2.35. The van der Waals surface area contributed by atoms with Crippen LogP contribution in [0.15, 0.2) is 0 Å². The van der Waals surface area contributed by atoms with Crippen molar-refractivity contribution < 1.29 is 0 Å². The summed E-state index contributed by atoms with van der Waals surface area (Å²) in [6, 6.07) is 4.01. The average molecular weight is 265 g/mol. The Morgan fingerprint density at radius 3 is 2.21 bits per heavy atom. The van der Waals surface area contributed by atoms with Gasteiger partial charge in [-0.3, -0.25) is 0 Å². The Bertz CT molecular complexity index is 292. The first-order valence-electron chi connectivity index (χ1n) is 8.31. The van der Waals surface area contributed by atoms with Crippen LogP contribution < -0.4 is 5.32 Å². The molecule has 3 fully saturated rings. The summed E-state index contributed by atoms with van der Waals surface area (Å²) in [5.41, 5.74) is 0. The summed E-state index contributed by atoms with van der Waals surface area (Å²) in [7, 11) is 4.61. The maximum absolute atomic E-state index is 4.00. The van der Waals surface area contributed by atoms with Gasteiger partial charge in [-0.05, 0) is 66.1 Å². The second-order valence-electron chi connectivity index (χ2n) is 7.29. The highest BCUT2D eigenvalue weighted by Crippen LogP contribution is 2.33. The predicted octanol–water partition coefficient (Wildman–Crippen LogP) is 2.07. The quantitative estimate of drug-likeness (QED) is 0.824. The molecule has 3 rings (SSSR count). The molecule has 3 heteroatoms. The third-order valence-corrected chi connectivity index (χ3v) is 6.02. The van der Waals surface area contributed by atoms with Gasteiger partial charge in [-0.1, -0.05) is 6.42 Å².